The highest BCUT2D eigenvalue weighted by Gasteiger charge is 2.33. The Balaban J connectivity index is 1.44. The van der Waals surface area contributed by atoms with Gasteiger partial charge < -0.3 is 14.2 Å². The predicted molar refractivity (Wildman–Crippen MR) is 130 cm³/mol. The molecule has 2 aromatic rings. The van der Waals surface area contributed by atoms with E-state index in [1.54, 1.807) is 24.3 Å². The lowest BCUT2D eigenvalue weighted by molar-refractivity contribution is -0.0442. The first kappa shape index (κ1) is 26.1. The number of nitrogens with zero attached hydrogens (tertiary/aromatic N) is 2. The zero-order valence-corrected chi connectivity index (χ0v) is 22.0. The monoisotopic (exact) mass is 524 g/mol. The number of ether oxygens (including phenoxy) is 3. The van der Waals surface area contributed by atoms with Gasteiger partial charge in [-0.15, -0.1) is 0 Å². The van der Waals surface area contributed by atoms with E-state index in [2.05, 4.69) is 0 Å². The molecule has 0 amide bonds. The summed E-state index contributed by atoms with van der Waals surface area (Å²) in [4.78, 5) is 0.364. The van der Waals surface area contributed by atoms with E-state index in [0.717, 1.165) is 0 Å². The fraction of sp³-hybridized carbons (Fsp3) is 0.500. The number of rotatable bonds is 6. The summed E-state index contributed by atoms with van der Waals surface area (Å²) in [7, 11) is -7.28. The number of sulfonamides is 2. The van der Waals surface area contributed by atoms with Gasteiger partial charge in [-0.05, 0) is 76.2 Å². The Kier molecular flexibility index (Phi) is 7.56. The van der Waals surface area contributed by atoms with Crippen LogP contribution in [0.2, 0.25) is 0 Å². The molecule has 4 rings (SSSR count). The zero-order chi connectivity index (χ0) is 25.4. The Labute approximate surface area is 207 Å². The third-order valence-electron chi connectivity index (χ3n) is 5.93. The second-order valence-corrected chi connectivity index (χ2v) is 13.1. The maximum absolute atomic E-state index is 13.0. The van der Waals surface area contributed by atoms with Crippen LogP contribution in [0.25, 0.3) is 0 Å². The molecular formula is C24H32N2O7S2. The summed E-state index contributed by atoms with van der Waals surface area (Å²) < 4.78 is 72.0. The molecule has 2 aliphatic heterocycles. The van der Waals surface area contributed by atoms with Crippen LogP contribution in [0, 0.1) is 0 Å². The van der Waals surface area contributed by atoms with Crippen molar-refractivity contribution in [1.29, 1.82) is 0 Å². The van der Waals surface area contributed by atoms with Crippen LogP contribution >= 0.6 is 0 Å². The molecule has 0 unspecified atom stereocenters. The molecule has 2 heterocycles. The van der Waals surface area contributed by atoms with Crippen molar-refractivity contribution < 1.29 is 31.0 Å². The van der Waals surface area contributed by atoms with Gasteiger partial charge in [0, 0.05) is 26.2 Å². The maximum atomic E-state index is 13.0. The summed E-state index contributed by atoms with van der Waals surface area (Å²) in [6, 6.07) is 12.4. The lowest BCUT2D eigenvalue weighted by Crippen LogP contribution is -2.48. The van der Waals surface area contributed by atoms with Gasteiger partial charge >= 0.3 is 0 Å². The van der Waals surface area contributed by atoms with E-state index in [9.17, 15) is 16.8 Å². The molecule has 0 bridgehead atoms. The van der Waals surface area contributed by atoms with Gasteiger partial charge in [-0.2, -0.15) is 8.61 Å². The molecule has 0 saturated carbocycles. The van der Waals surface area contributed by atoms with Gasteiger partial charge in [-0.25, -0.2) is 16.8 Å². The first-order valence-corrected chi connectivity index (χ1v) is 14.5. The lowest BCUT2D eigenvalue weighted by Gasteiger charge is -2.34. The van der Waals surface area contributed by atoms with Gasteiger partial charge in [0.2, 0.25) is 20.0 Å². The molecular weight excluding hydrogens is 492 g/mol. The van der Waals surface area contributed by atoms with Crippen LogP contribution in [0.4, 0.5) is 0 Å². The summed E-state index contributed by atoms with van der Waals surface area (Å²) in [5.74, 6) is 0.887. The number of benzene rings is 2. The van der Waals surface area contributed by atoms with Gasteiger partial charge in [0.05, 0.1) is 34.2 Å². The van der Waals surface area contributed by atoms with Crippen molar-refractivity contribution in [2.24, 2.45) is 0 Å². The van der Waals surface area contributed by atoms with E-state index in [0.29, 0.717) is 37.7 Å². The van der Waals surface area contributed by atoms with Crippen LogP contribution in [0.3, 0.4) is 0 Å². The van der Waals surface area contributed by atoms with E-state index in [-0.39, 0.29) is 34.2 Å². The summed E-state index contributed by atoms with van der Waals surface area (Å²) in [6.45, 7) is 8.65. The smallest absolute Gasteiger partial charge is 0.243 e. The van der Waals surface area contributed by atoms with Crippen molar-refractivity contribution in [2.45, 2.75) is 61.9 Å². The Bertz CT molecular complexity index is 1110. The van der Waals surface area contributed by atoms with Crippen molar-refractivity contribution in [3.8, 4) is 11.5 Å². The molecule has 4 atom stereocenters. The third kappa shape index (κ3) is 5.87. The van der Waals surface area contributed by atoms with Gasteiger partial charge in [-0.1, -0.05) is 0 Å². The molecule has 0 radical (unpaired) electrons. The van der Waals surface area contributed by atoms with E-state index >= 15 is 0 Å². The Morgan fingerprint density at radius 3 is 1.17 bits per heavy atom. The number of hydrogen-bond donors (Lipinski definition) is 0. The second-order valence-electron chi connectivity index (χ2n) is 9.20. The van der Waals surface area contributed by atoms with Crippen molar-refractivity contribution >= 4 is 20.0 Å². The van der Waals surface area contributed by atoms with Crippen molar-refractivity contribution in [1.82, 2.24) is 8.61 Å². The molecule has 0 aromatic heterocycles. The summed E-state index contributed by atoms with van der Waals surface area (Å²) in [5.41, 5.74) is 0. The highest BCUT2D eigenvalue weighted by Crippen LogP contribution is 2.28. The minimum atomic E-state index is -3.64. The summed E-state index contributed by atoms with van der Waals surface area (Å²) in [5, 5.41) is 0. The fourth-order valence-electron chi connectivity index (χ4n) is 4.45. The number of morpholine rings is 2. The van der Waals surface area contributed by atoms with Gasteiger partial charge in [-0.3, -0.25) is 0 Å². The highest BCUT2D eigenvalue weighted by atomic mass is 32.2. The highest BCUT2D eigenvalue weighted by molar-refractivity contribution is 7.89. The molecule has 35 heavy (non-hydrogen) atoms. The first-order valence-electron chi connectivity index (χ1n) is 11.6. The first-order chi connectivity index (χ1) is 16.4. The molecule has 9 nitrogen and oxygen atoms in total. The molecule has 2 saturated heterocycles. The fourth-order valence-corrected chi connectivity index (χ4v) is 7.63. The van der Waals surface area contributed by atoms with Crippen LogP contribution in [0.5, 0.6) is 11.5 Å². The van der Waals surface area contributed by atoms with Gasteiger partial charge in [0.1, 0.15) is 11.5 Å². The maximum Gasteiger partial charge on any atom is 0.243 e. The minimum absolute atomic E-state index is 0.169. The minimum Gasteiger partial charge on any atom is -0.457 e. The van der Waals surface area contributed by atoms with Crippen LogP contribution in [-0.2, 0) is 29.5 Å². The summed E-state index contributed by atoms with van der Waals surface area (Å²) >= 11 is 0. The molecule has 0 aliphatic carbocycles. The van der Waals surface area contributed by atoms with Crippen LogP contribution in [0.15, 0.2) is 58.3 Å². The molecule has 11 heteroatoms. The van der Waals surface area contributed by atoms with Crippen molar-refractivity contribution in [3.05, 3.63) is 48.5 Å². The average molecular weight is 525 g/mol. The normalized spacial score (nSPS) is 27.0. The molecule has 2 aromatic carbocycles. The van der Waals surface area contributed by atoms with Gasteiger partial charge in [0.15, 0.2) is 0 Å². The van der Waals surface area contributed by atoms with Crippen molar-refractivity contribution in [2.75, 3.05) is 26.2 Å². The SMILES string of the molecule is C[C@@H]1CN(S(=O)(=O)c2ccc(Oc3ccc(S(=O)(=O)N4C[C@@H](C)O[C@@H](C)C4)cc3)cc2)C[C@@H](C)O1. The average Bonchev–Trinajstić information content (AvgIpc) is 2.78. The van der Waals surface area contributed by atoms with E-state index in [1.807, 2.05) is 27.7 Å². The molecule has 0 spiro atoms. The second kappa shape index (κ2) is 10.2. The molecule has 0 N–H and O–H groups in total. The van der Waals surface area contributed by atoms with Gasteiger partial charge in [0.25, 0.3) is 0 Å². The van der Waals surface area contributed by atoms with E-state index in [1.165, 1.54) is 32.9 Å². The Morgan fingerprint density at radius 1 is 0.600 bits per heavy atom. The largest absolute Gasteiger partial charge is 0.457 e. The van der Waals surface area contributed by atoms with Crippen LogP contribution in [-0.4, -0.2) is 76.0 Å². The third-order valence-corrected chi connectivity index (χ3v) is 9.62. The molecule has 2 aliphatic rings. The predicted octanol–water partition coefficient (Wildman–Crippen LogP) is 3.07. The van der Waals surface area contributed by atoms with Crippen molar-refractivity contribution in [3.63, 3.8) is 0 Å². The molecule has 192 valence electrons. The van der Waals surface area contributed by atoms with Crippen LogP contribution < -0.4 is 4.74 Å². The standard InChI is InChI=1S/C24H32N2O7S2/c1-17-13-25(14-18(2)31-17)34(27,28)23-9-5-21(6-10-23)33-22-7-11-24(12-8-22)35(29,30)26-15-19(3)32-20(4)16-26/h5-12,17-20H,13-16H2,1-4H3/t17-,18-,19-,20+/m1/s1. The van der Waals surface area contributed by atoms with E-state index in [4.69, 9.17) is 14.2 Å². The van der Waals surface area contributed by atoms with Crippen LogP contribution in [0.1, 0.15) is 27.7 Å². The van der Waals surface area contributed by atoms with E-state index < -0.39 is 20.0 Å². The Morgan fingerprint density at radius 2 is 0.886 bits per heavy atom. The lowest BCUT2D eigenvalue weighted by atomic mass is 10.3. The topological polar surface area (TPSA) is 102 Å². The Hall–Kier alpha value is -2.02. The molecule has 2 fully saturated rings. The zero-order valence-electron chi connectivity index (χ0n) is 20.3. The summed E-state index contributed by atoms with van der Waals surface area (Å²) in [6.07, 6.45) is -0.674. The quantitative estimate of drug-likeness (QED) is 0.572. The number of hydrogen-bond acceptors (Lipinski definition) is 7.